The molecule has 28 heavy (non-hydrogen) atoms. The highest BCUT2D eigenvalue weighted by Gasteiger charge is 2.72. The number of aldehydes is 1. The highest BCUT2D eigenvalue weighted by Crippen LogP contribution is 2.71. The summed E-state index contributed by atoms with van der Waals surface area (Å²) in [5.41, 5.74) is -1.10. The van der Waals surface area contributed by atoms with Crippen LogP contribution in [0.2, 0.25) is 0 Å². The van der Waals surface area contributed by atoms with E-state index in [0.717, 1.165) is 37.5 Å². The number of carbonyl (C=O) groups excluding carboxylic acids is 3. The second-order valence-corrected chi connectivity index (χ2v) is 10.5. The van der Waals surface area contributed by atoms with Crippen molar-refractivity contribution in [2.24, 2.45) is 28.6 Å². The first-order valence-corrected chi connectivity index (χ1v) is 10.8. The van der Waals surface area contributed by atoms with Crippen LogP contribution in [0.1, 0.15) is 71.6 Å². The summed E-state index contributed by atoms with van der Waals surface area (Å²) in [4.78, 5) is 36.2. The lowest BCUT2D eigenvalue weighted by molar-refractivity contribution is -0.222. The van der Waals surface area contributed by atoms with E-state index < -0.39 is 16.6 Å². The molecule has 1 saturated heterocycles. The van der Waals surface area contributed by atoms with Crippen molar-refractivity contribution in [3.05, 3.63) is 11.6 Å². The van der Waals surface area contributed by atoms with E-state index in [1.807, 2.05) is 0 Å². The predicted octanol–water partition coefficient (Wildman–Crippen LogP) is 3.13. The van der Waals surface area contributed by atoms with E-state index in [-0.39, 0.29) is 34.9 Å². The maximum atomic E-state index is 12.2. The number of aliphatic hydroxyl groups is 1. The lowest BCUT2D eigenvalue weighted by Gasteiger charge is -2.64. The van der Waals surface area contributed by atoms with Crippen molar-refractivity contribution in [2.75, 3.05) is 0 Å². The summed E-state index contributed by atoms with van der Waals surface area (Å²) < 4.78 is 5.94. The molecule has 5 nitrogen and oxygen atoms in total. The zero-order valence-electron chi connectivity index (χ0n) is 16.8. The average molecular weight is 386 g/mol. The van der Waals surface area contributed by atoms with Gasteiger partial charge in [-0.3, -0.25) is 9.59 Å². The molecular weight excluding hydrogens is 356 g/mol. The van der Waals surface area contributed by atoms with Crippen LogP contribution in [-0.4, -0.2) is 34.3 Å². The molecule has 4 aliphatic carbocycles. The second kappa shape index (κ2) is 5.56. The molecule has 0 bridgehead atoms. The van der Waals surface area contributed by atoms with E-state index >= 15 is 0 Å². The maximum Gasteiger partial charge on any atom is 0.306 e. The minimum atomic E-state index is -0.984. The van der Waals surface area contributed by atoms with E-state index in [4.69, 9.17) is 4.74 Å². The van der Waals surface area contributed by atoms with Gasteiger partial charge in [0.05, 0.1) is 5.60 Å². The fourth-order valence-electron chi connectivity index (χ4n) is 8.02. The smallest absolute Gasteiger partial charge is 0.306 e. The topological polar surface area (TPSA) is 80.7 Å². The molecule has 1 spiro atoms. The normalized spacial score (nSPS) is 52.5. The van der Waals surface area contributed by atoms with Crippen LogP contribution >= 0.6 is 0 Å². The molecule has 1 aliphatic heterocycles. The zero-order chi connectivity index (χ0) is 19.9. The Morgan fingerprint density at radius 1 is 1.11 bits per heavy atom. The monoisotopic (exact) mass is 386 g/mol. The lowest BCUT2D eigenvalue weighted by atomic mass is 9.42. The molecular formula is C23H30O5. The van der Waals surface area contributed by atoms with E-state index in [2.05, 4.69) is 13.8 Å². The van der Waals surface area contributed by atoms with E-state index in [9.17, 15) is 19.5 Å². The number of ether oxygens (including phenoxy) is 1. The summed E-state index contributed by atoms with van der Waals surface area (Å²) in [6.45, 7) is 4.32. The number of hydrogen-bond donors (Lipinski definition) is 1. The number of esters is 1. The number of rotatable bonds is 1. The van der Waals surface area contributed by atoms with Crippen LogP contribution in [-0.2, 0) is 19.1 Å². The molecule has 0 radical (unpaired) electrons. The second-order valence-electron chi connectivity index (χ2n) is 10.5. The van der Waals surface area contributed by atoms with Gasteiger partial charge in [0.2, 0.25) is 0 Å². The molecule has 1 N–H and O–H groups in total. The maximum absolute atomic E-state index is 12.2. The number of fused-ring (bicyclic) bond motifs is 6. The Bertz CT molecular complexity index is 801. The van der Waals surface area contributed by atoms with Gasteiger partial charge in [-0.15, -0.1) is 0 Å². The van der Waals surface area contributed by atoms with Crippen molar-refractivity contribution in [3.8, 4) is 0 Å². The van der Waals surface area contributed by atoms with Gasteiger partial charge in [-0.05, 0) is 56.9 Å². The third kappa shape index (κ3) is 1.99. The largest absolute Gasteiger partial charge is 0.458 e. The molecule has 5 unspecified atom stereocenters. The fourth-order valence-corrected chi connectivity index (χ4v) is 8.02. The predicted molar refractivity (Wildman–Crippen MR) is 101 cm³/mol. The first kappa shape index (κ1) is 18.5. The summed E-state index contributed by atoms with van der Waals surface area (Å²) in [5, 5.41) is 12.2. The Balaban J connectivity index is 1.60. The SMILES string of the molecule is CC12CC[C@@]3(O)C(C(C=O)CC4=CC(=O)CCC43C)C1CC[C@@]21CCC(=O)O1. The van der Waals surface area contributed by atoms with Crippen LogP contribution < -0.4 is 0 Å². The van der Waals surface area contributed by atoms with Gasteiger partial charge in [0.15, 0.2) is 5.78 Å². The molecule has 0 aromatic carbocycles. The Hall–Kier alpha value is -1.49. The number of ketones is 1. The Morgan fingerprint density at radius 2 is 1.89 bits per heavy atom. The first-order chi connectivity index (χ1) is 13.2. The zero-order valence-corrected chi connectivity index (χ0v) is 16.8. The van der Waals surface area contributed by atoms with E-state index in [1.54, 1.807) is 6.08 Å². The van der Waals surface area contributed by atoms with Crippen LogP contribution in [0.25, 0.3) is 0 Å². The van der Waals surface area contributed by atoms with Gasteiger partial charge in [-0.2, -0.15) is 0 Å². The summed E-state index contributed by atoms with van der Waals surface area (Å²) in [6.07, 6.45) is 8.72. The standard InChI is InChI=1S/C23H30O5/c1-20-6-3-16(25)12-15(20)11-14(13-24)19-17-4-7-22(8-5-18(26)28-22)21(17,2)9-10-23(19,20)27/h12-14,17,19,27H,3-11H2,1-2H3/t14?,17?,19?,20?,21?,22-,23-/m1/s1. The number of hydrogen-bond acceptors (Lipinski definition) is 5. The molecule has 7 atom stereocenters. The molecule has 0 aromatic rings. The van der Waals surface area contributed by atoms with Gasteiger partial charge in [-0.25, -0.2) is 0 Å². The Kier molecular flexibility index (Phi) is 3.68. The van der Waals surface area contributed by atoms with Gasteiger partial charge in [0.25, 0.3) is 0 Å². The van der Waals surface area contributed by atoms with Gasteiger partial charge in [-0.1, -0.05) is 19.4 Å². The summed E-state index contributed by atoms with van der Waals surface area (Å²) in [6, 6.07) is 0. The molecule has 1 heterocycles. The molecule has 5 aliphatic rings. The highest BCUT2D eigenvalue weighted by atomic mass is 16.6. The Labute approximate surface area is 165 Å². The summed E-state index contributed by atoms with van der Waals surface area (Å²) in [5.74, 6) is -0.271. The van der Waals surface area contributed by atoms with E-state index in [1.165, 1.54) is 0 Å². The molecule has 0 amide bonds. The van der Waals surface area contributed by atoms with Gasteiger partial charge in [0.1, 0.15) is 11.9 Å². The molecule has 0 aromatic heterocycles. The van der Waals surface area contributed by atoms with Crippen LogP contribution in [0.4, 0.5) is 0 Å². The van der Waals surface area contributed by atoms with Crippen LogP contribution in [0.15, 0.2) is 11.6 Å². The molecule has 4 fully saturated rings. The minimum absolute atomic E-state index is 0.109. The van der Waals surface area contributed by atoms with Crippen LogP contribution in [0.3, 0.4) is 0 Å². The average Bonchev–Trinajstić information content (AvgIpc) is 3.17. The van der Waals surface area contributed by atoms with Crippen LogP contribution in [0, 0.1) is 28.6 Å². The molecule has 152 valence electrons. The van der Waals surface area contributed by atoms with Crippen molar-refractivity contribution < 1.29 is 24.2 Å². The molecule has 5 heteroatoms. The van der Waals surface area contributed by atoms with Crippen molar-refractivity contribution in [1.82, 2.24) is 0 Å². The van der Waals surface area contributed by atoms with E-state index in [0.29, 0.717) is 32.1 Å². The fraction of sp³-hybridized carbons (Fsp3) is 0.783. The highest BCUT2D eigenvalue weighted by molar-refractivity contribution is 5.92. The molecule has 5 rings (SSSR count). The summed E-state index contributed by atoms with van der Waals surface area (Å²) >= 11 is 0. The quantitative estimate of drug-likeness (QED) is 0.553. The van der Waals surface area contributed by atoms with Crippen molar-refractivity contribution in [1.29, 1.82) is 0 Å². The Morgan fingerprint density at radius 3 is 2.57 bits per heavy atom. The first-order valence-electron chi connectivity index (χ1n) is 10.8. The lowest BCUT2D eigenvalue weighted by Crippen LogP contribution is -2.67. The van der Waals surface area contributed by atoms with Gasteiger partial charge >= 0.3 is 5.97 Å². The van der Waals surface area contributed by atoms with Crippen LogP contribution in [0.5, 0.6) is 0 Å². The third-order valence-corrected chi connectivity index (χ3v) is 9.73. The van der Waals surface area contributed by atoms with Crippen molar-refractivity contribution in [3.63, 3.8) is 0 Å². The molecule has 3 saturated carbocycles. The number of carbonyl (C=O) groups is 3. The van der Waals surface area contributed by atoms with Gasteiger partial charge in [0, 0.05) is 35.5 Å². The summed E-state index contributed by atoms with van der Waals surface area (Å²) in [7, 11) is 0. The minimum Gasteiger partial charge on any atom is -0.458 e. The van der Waals surface area contributed by atoms with Gasteiger partial charge < -0.3 is 14.6 Å². The van der Waals surface area contributed by atoms with Crippen molar-refractivity contribution in [2.45, 2.75) is 82.8 Å². The third-order valence-electron chi connectivity index (χ3n) is 9.73. The van der Waals surface area contributed by atoms with Crippen molar-refractivity contribution >= 4 is 18.0 Å².